The third kappa shape index (κ3) is 3.07. The van der Waals surface area contributed by atoms with Crippen molar-refractivity contribution >= 4 is 17.6 Å². The van der Waals surface area contributed by atoms with Gasteiger partial charge < -0.3 is 5.43 Å². The molecule has 4 nitrogen and oxygen atoms in total. The zero-order valence-corrected chi connectivity index (χ0v) is 10.3. The van der Waals surface area contributed by atoms with E-state index >= 15 is 0 Å². The Kier molecular flexibility index (Phi) is 4.84. The fourth-order valence-corrected chi connectivity index (χ4v) is 2.05. The van der Waals surface area contributed by atoms with Crippen molar-refractivity contribution in [1.29, 1.82) is 0 Å². The summed E-state index contributed by atoms with van der Waals surface area (Å²) >= 11 is 1.72. The molecule has 1 aromatic rings. The van der Waals surface area contributed by atoms with Crippen molar-refractivity contribution < 1.29 is 0 Å². The van der Waals surface area contributed by atoms with E-state index in [2.05, 4.69) is 29.2 Å². The Balaban J connectivity index is 3.07. The highest BCUT2D eigenvalue weighted by atomic mass is 32.2. The Hall–Kier alpha value is -0.810. The molecule has 0 saturated heterocycles. The van der Waals surface area contributed by atoms with Gasteiger partial charge in [-0.1, -0.05) is 13.8 Å². The van der Waals surface area contributed by atoms with Gasteiger partial charge >= 0.3 is 0 Å². The summed E-state index contributed by atoms with van der Waals surface area (Å²) in [5.41, 5.74) is 3.66. The number of hydrazine groups is 1. The number of nitrogens with zero attached hydrogens (tertiary/aromatic N) is 2. The van der Waals surface area contributed by atoms with Crippen LogP contribution in [0.4, 0.5) is 5.82 Å². The minimum atomic E-state index is 0.740. The molecule has 0 aliphatic heterocycles. The average Bonchev–Trinajstić information content (AvgIpc) is 2.23. The normalized spacial score (nSPS) is 10.4. The lowest BCUT2D eigenvalue weighted by Crippen LogP contribution is -2.13. The number of anilines is 1. The Morgan fingerprint density at radius 1 is 1.33 bits per heavy atom. The number of hydrogen-bond donors (Lipinski definition) is 2. The quantitative estimate of drug-likeness (QED) is 0.348. The fourth-order valence-electron chi connectivity index (χ4n) is 1.29. The first kappa shape index (κ1) is 12.3. The van der Waals surface area contributed by atoms with Gasteiger partial charge in [0.05, 0.1) is 0 Å². The number of aryl methyl sites for hydroxylation is 1. The fraction of sp³-hybridized carbons (Fsp3) is 0.600. The molecule has 0 bridgehead atoms. The van der Waals surface area contributed by atoms with E-state index in [4.69, 9.17) is 5.84 Å². The van der Waals surface area contributed by atoms with E-state index in [-0.39, 0.29) is 0 Å². The molecule has 0 unspecified atom stereocenters. The summed E-state index contributed by atoms with van der Waals surface area (Å²) in [7, 11) is 0. The SMILES string of the molecule is CCCc1nc(NN)c(C)c(SCC)n1. The molecular formula is C10H18N4S. The van der Waals surface area contributed by atoms with Gasteiger partial charge in [-0.05, 0) is 19.1 Å². The summed E-state index contributed by atoms with van der Waals surface area (Å²) in [4.78, 5) is 8.88. The number of aromatic nitrogens is 2. The van der Waals surface area contributed by atoms with Crippen LogP contribution in [0.2, 0.25) is 0 Å². The van der Waals surface area contributed by atoms with E-state index in [1.165, 1.54) is 0 Å². The molecule has 0 saturated carbocycles. The van der Waals surface area contributed by atoms with E-state index in [9.17, 15) is 0 Å². The molecule has 15 heavy (non-hydrogen) atoms. The van der Waals surface area contributed by atoms with Crippen LogP contribution in [0.5, 0.6) is 0 Å². The zero-order valence-electron chi connectivity index (χ0n) is 9.50. The molecule has 1 rings (SSSR count). The predicted octanol–water partition coefficient (Wildman–Crippen LogP) is 2.14. The highest BCUT2D eigenvalue weighted by molar-refractivity contribution is 7.99. The molecule has 0 aliphatic carbocycles. The minimum absolute atomic E-state index is 0.740. The Bertz CT molecular complexity index is 327. The minimum Gasteiger partial charge on any atom is -0.308 e. The summed E-state index contributed by atoms with van der Waals surface area (Å²) in [5, 5.41) is 1.03. The standard InChI is InChI=1S/C10H18N4S/c1-4-6-8-12-9(14-11)7(3)10(13-8)15-5-2/h4-6,11H2,1-3H3,(H,12,13,14). The third-order valence-corrected chi connectivity index (χ3v) is 3.00. The van der Waals surface area contributed by atoms with Gasteiger partial charge in [-0.15, -0.1) is 11.8 Å². The molecule has 0 fully saturated rings. The van der Waals surface area contributed by atoms with E-state index in [1.807, 2.05) is 6.92 Å². The lowest BCUT2D eigenvalue weighted by molar-refractivity contribution is 0.802. The molecule has 0 aliphatic rings. The average molecular weight is 226 g/mol. The lowest BCUT2D eigenvalue weighted by Gasteiger charge is -2.10. The molecule has 3 N–H and O–H groups in total. The van der Waals surface area contributed by atoms with Gasteiger partial charge in [0.1, 0.15) is 16.7 Å². The van der Waals surface area contributed by atoms with Crippen LogP contribution in [0.25, 0.3) is 0 Å². The lowest BCUT2D eigenvalue weighted by atomic mass is 10.3. The Labute approximate surface area is 95.0 Å². The summed E-state index contributed by atoms with van der Waals surface area (Å²) in [6, 6.07) is 0. The van der Waals surface area contributed by atoms with Crippen molar-refractivity contribution in [3.8, 4) is 0 Å². The van der Waals surface area contributed by atoms with Crippen LogP contribution in [-0.4, -0.2) is 15.7 Å². The van der Waals surface area contributed by atoms with Crippen LogP contribution in [0, 0.1) is 6.92 Å². The maximum atomic E-state index is 5.43. The molecular weight excluding hydrogens is 208 g/mol. The van der Waals surface area contributed by atoms with Crippen molar-refractivity contribution in [3.63, 3.8) is 0 Å². The molecule has 1 heterocycles. The molecule has 0 atom stereocenters. The van der Waals surface area contributed by atoms with Crippen molar-refractivity contribution in [1.82, 2.24) is 9.97 Å². The summed E-state index contributed by atoms with van der Waals surface area (Å²) in [6.45, 7) is 6.22. The van der Waals surface area contributed by atoms with Gasteiger partial charge in [-0.2, -0.15) is 0 Å². The molecule has 0 amide bonds. The Morgan fingerprint density at radius 2 is 2.07 bits per heavy atom. The van der Waals surface area contributed by atoms with E-state index < -0.39 is 0 Å². The van der Waals surface area contributed by atoms with Crippen LogP contribution >= 0.6 is 11.8 Å². The second kappa shape index (κ2) is 5.92. The molecule has 0 radical (unpaired) electrons. The first-order valence-electron chi connectivity index (χ1n) is 5.19. The maximum Gasteiger partial charge on any atom is 0.147 e. The number of rotatable bonds is 5. The van der Waals surface area contributed by atoms with Crippen molar-refractivity contribution in [2.24, 2.45) is 5.84 Å². The van der Waals surface area contributed by atoms with Crippen molar-refractivity contribution in [2.75, 3.05) is 11.2 Å². The van der Waals surface area contributed by atoms with Crippen LogP contribution in [0.1, 0.15) is 31.7 Å². The number of hydrogen-bond acceptors (Lipinski definition) is 5. The van der Waals surface area contributed by atoms with E-state index in [0.717, 1.165) is 40.8 Å². The first-order chi connectivity index (χ1) is 7.22. The van der Waals surface area contributed by atoms with Crippen LogP contribution in [0.3, 0.4) is 0 Å². The number of nitrogens with one attached hydrogen (secondary N) is 1. The number of thioether (sulfide) groups is 1. The van der Waals surface area contributed by atoms with Gasteiger partial charge in [0.2, 0.25) is 0 Å². The van der Waals surface area contributed by atoms with E-state index in [0.29, 0.717) is 0 Å². The number of nitrogen functional groups attached to an aromatic ring is 1. The maximum absolute atomic E-state index is 5.43. The molecule has 0 spiro atoms. The smallest absolute Gasteiger partial charge is 0.147 e. The van der Waals surface area contributed by atoms with Crippen molar-refractivity contribution in [2.45, 2.75) is 38.6 Å². The Morgan fingerprint density at radius 3 is 2.60 bits per heavy atom. The summed E-state index contributed by atoms with van der Waals surface area (Å²) in [5.74, 6) is 8.05. The highest BCUT2D eigenvalue weighted by Gasteiger charge is 2.09. The zero-order chi connectivity index (χ0) is 11.3. The topological polar surface area (TPSA) is 63.8 Å². The van der Waals surface area contributed by atoms with Crippen LogP contribution in [0.15, 0.2) is 5.03 Å². The van der Waals surface area contributed by atoms with Gasteiger partial charge in [0.15, 0.2) is 0 Å². The first-order valence-corrected chi connectivity index (χ1v) is 6.18. The second-order valence-corrected chi connectivity index (χ2v) is 4.50. The van der Waals surface area contributed by atoms with Gasteiger partial charge in [0.25, 0.3) is 0 Å². The second-order valence-electron chi connectivity index (χ2n) is 3.25. The summed E-state index contributed by atoms with van der Waals surface area (Å²) < 4.78 is 0. The molecule has 84 valence electrons. The summed E-state index contributed by atoms with van der Waals surface area (Å²) in [6.07, 6.45) is 1.94. The highest BCUT2D eigenvalue weighted by Crippen LogP contribution is 2.24. The van der Waals surface area contributed by atoms with Gasteiger partial charge in [-0.3, -0.25) is 0 Å². The van der Waals surface area contributed by atoms with Crippen molar-refractivity contribution in [3.05, 3.63) is 11.4 Å². The van der Waals surface area contributed by atoms with Gasteiger partial charge in [-0.25, -0.2) is 15.8 Å². The largest absolute Gasteiger partial charge is 0.308 e. The van der Waals surface area contributed by atoms with Crippen LogP contribution < -0.4 is 11.3 Å². The molecule has 0 aromatic carbocycles. The van der Waals surface area contributed by atoms with Crippen LogP contribution in [-0.2, 0) is 6.42 Å². The van der Waals surface area contributed by atoms with Gasteiger partial charge in [0, 0.05) is 12.0 Å². The molecule has 1 aromatic heterocycles. The third-order valence-electron chi connectivity index (χ3n) is 2.04. The molecule has 5 heteroatoms. The number of nitrogens with two attached hydrogens (primary N) is 1. The van der Waals surface area contributed by atoms with E-state index in [1.54, 1.807) is 11.8 Å². The monoisotopic (exact) mass is 226 g/mol. The predicted molar refractivity (Wildman–Crippen MR) is 65.0 cm³/mol.